The minimum atomic E-state index is -0.322. The van der Waals surface area contributed by atoms with Gasteiger partial charge in [0, 0.05) is 31.3 Å². The second-order valence-electron chi connectivity index (χ2n) is 5.60. The van der Waals surface area contributed by atoms with Crippen LogP contribution in [0.25, 0.3) is 11.4 Å². The van der Waals surface area contributed by atoms with Gasteiger partial charge in [0.2, 0.25) is 11.5 Å². The van der Waals surface area contributed by atoms with E-state index in [1.165, 1.54) is 4.90 Å². The van der Waals surface area contributed by atoms with E-state index in [2.05, 4.69) is 15.1 Å². The number of allylic oxidation sites excluding steroid dienone is 2. The summed E-state index contributed by atoms with van der Waals surface area (Å²) in [6, 6.07) is 7.67. The Morgan fingerprint density at radius 3 is 2.88 bits per heavy atom. The molecular formula is C17H14N5O2+. The van der Waals surface area contributed by atoms with Crippen molar-refractivity contribution in [1.82, 2.24) is 15.0 Å². The number of carbonyl (C=O) groups excluding carboxylic acids is 1. The molecule has 1 aromatic carbocycles. The summed E-state index contributed by atoms with van der Waals surface area (Å²) in [7, 11) is 3.27. The highest BCUT2D eigenvalue weighted by atomic mass is 16.5. The van der Waals surface area contributed by atoms with E-state index in [0.29, 0.717) is 5.82 Å². The Balaban J connectivity index is 1.66. The highest BCUT2D eigenvalue weighted by Crippen LogP contribution is 2.21. The molecule has 1 aromatic heterocycles. The first kappa shape index (κ1) is 14.3. The number of aromatic nitrogens is 2. The molecule has 118 valence electrons. The van der Waals surface area contributed by atoms with E-state index >= 15 is 0 Å². The molecule has 2 aliphatic rings. The van der Waals surface area contributed by atoms with Crippen molar-refractivity contribution in [2.75, 3.05) is 14.1 Å². The molecule has 0 aliphatic carbocycles. The molecule has 7 nitrogen and oxygen atoms in total. The van der Waals surface area contributed by atoms with Crippen molar-refractivity contribution in [2.24, 2.45) is 4.99 Å². The Bertz CT molecular complexity index is 963. The predicted octanol–water partition coefficient (Wildman–Crippen LogP) is 1.69. The summed E-state index contributed by atoms with van der Waals surface area (Å²) in [5.74, 6) is 0.924. The first-order chi connectivity index (χ1) is 11.6. The van der Waals surface area contributed by atoms with Crippen LogP contribution in [0.1, 0.15) is 16.2 Å². The smallest absolute Gasteiger partial charge is 0.328 e. The Morgan fingerprint density at radius 1 is 1.25 bits per heavy atom. The lowest BCUT2D eigenvalue weighted by atomic mass is 10.1. The van der Waals surface area contributed by atoms with Crippen molar-refractivity contribution in [3.63, 3.8) is 0 Å². The van der Waals surface area contributed by atoms with Gasteiger partial charge in [-0.3, -0.25) is 4.79 Å². The number of aliphatic imine (C=N–C) groups is 1. The second-order valence-corrected chi connectivity index (χ2v) is 5.60. The topological polar surface area (TPSA) is 74.6 Å². The molecule has 0 bridgehead atoms. The van der Waals surface area contributed by atoms with Crippen molar-refractivity contribution in [3.8, 4) is 11.4 Å². The number of carbonyl (C=O) groups is 1. The highest BCUT2D eigenvalue weighted by Gasteiger charge is 2.26. The molecule has 0 saturated carbocycles. The standard InChI is InChI=1S/C17H14N5O2/c1-21(2)17(23)16-19-15(20-24-16)12-6-3-5-11(9-12)13-10-22-8-4-7-14(22)18-13/h3-10H,1-2H3/q+1. The predicted molar refractivity (Wildman–Crippen MR) is 87.8 cm³/mol. The minimum Gasteiger partial charge on any atom is -0.341 e. The first-order valence-electron chi connectivity index (χ1n) is 7.38. The van der Waals surface area contributed by atoms with Gasteiger partial charge in [0.15, 0.2) is 0 Å². The van der Waals surface area contributed by atoms with Gasteiger partial charge >= 0.3 is 17.6 Å². The molecule has 7 heteroatoms. The third kappa shape index (κ3) is 2.36. The Labute approximate surface area is 137 Å². The van der Waals surface area contributed by atoms with Gasteiger partial charge in [-0.25, -0.2) is 0 Å². The van der Waals surface area contributed by atoms with E-state index < -0.39 is 0 Å². The summed E-state index contributed by atoms with van der Waals surface area (Å²) in [5, 5.41) is 3.90. The lowest BCUT2D eigenvalue weighted by Crippen LogP contribution is -2.21. The van der Waals surface area contributed by atoms with Crippen LogP contribution in [0, 0.1) is 0 Å². The average Bonchev–Trinajstić information content (AvgIpc) is 3.29. The molecule has 3 heterocycles. The monoisotopic (exact) mass is 320 g/mol. The highest BCUT2D eigenvalue weighted by molar-refractivity contribution is 6.38. The van der Waals surface area contributed by atoms with Crippen LogP contribution in [0.4, 0.5) is 0 Å². The van der Waals surface area contributed by atoms with Gasteiger partial charge in [-0.1, -0.05) is 23.4 Å². The fourth-order valence-electron chi connectivity index (χ4n) is 2.45. The SMILES string of the molecule is CN(C)C(=O)c1nc(-c2cccc(C3=NC4=CC=C[N+]4=C3)c2)no1. The summed E-state index contributed by atoms with van der Waals surface area (Å²) < 4.78 is 7.01. The van der Waals surface area contributed by atoms with Crippen molar-refractivity contribution in [3.05, 3.63) is 59.9 Å². The summed E-state index contributed by atoms with van der Waals surface area (Å²) in [6.07, 6.45) is 7.82. The van der Waals surface area contributed by atoms with Crippen molar-refractivity contribution >= 4 is 17.8 Å². The zero-order valence-corrected chi connectivity index (χ0v) is 13.2. The first-order valence-corrected chi connectivity index (χ1v) is 7.38. The zero-order valence-electron chi connectivity index (χ0n) is 13.2. The number of benzene rings is 1. The normalized spacial score (nSPS) is 15.0. The van der Waals surface area contributed by atoms with E-state index in [9.17, 15) is 4.79 Å². The number of hydrogen-bond donors (Lipinski definition) is 0. The lowest BCUT2D eigenvalue weighted by molar-refractivity contribution is -0.386. The molecule has 0 N–H and O–H groups in total. The third-order valence-corrected chi connectivity index (χ3v) is 3.68. The average molecular weight is 320 g/mol. The number of fused-ring (bicyclic) bond motifs is 1. The van der Waals surface area contributed by atoms with E-state index in [-0.39, 0.29) is 11.8 Å². The number of nitrogens with zero attached hydrogens (tertiary/aromatic N) is 5. The third-order valence-electron chi connectivity index (χ3n) is 3.68. The fraction of sp³-hybridized carbons (Fsp3) is 0.118. The molecule has 4 rings (SSSR count). The number of amides is 1. The summed E-state index contributed by atoms with van der Waals surface area (Å²) >= 11 is 0. The molecule has 0 saturated heterocycles. The molecule has 1 amide bonds. The number of hydrogen-bond acceptors (Lipinski definition) is 5. The van der Waals surface area contributed by atoms with Crippen LogP contribution >= 0.6 is 0 Å². The largest absolute Gasteiger partial charge is 0.341 e. The van der Waals surface area contributed by atoms with Crippen molar-refractivity contribution < 1.29 is 13.9 Å². The van der Waals surface area contributed by atoms with Crippen LogP contribution in [0.3, 0.4) is 0 Å². The van der Waals surface area contributed by atoms with Crippen molar-refractivity contribution in [2.45, 2.75) is 0 Å². The molecule has 0 spiro atoms. The van der Waals surface area contributed by atoms with Crippen LogP contribution in [0.15, 0.2) is 58.0 Å². The Kier molecular flexibility index (Phi) is 3.19. The molecule has 0 fully saturated rings. The van der Waals surface area contributed by atoms with E-state index in [4.69, 9.17) is 4.52 Å². The summed E-state index contributed by atoms with van der Waals surface area (Å²) in [5.41, 5.74) is 2.57. The van der Waals surface area contributed by atoms with Crippen LogP contribution in [-0.4, -0.2) is 51.5 Å². The zero-order chi connectivity index (χ0) is 16.7. The lowest BCUT2D eigenvalue weighted by Gasteiger charge is -2.04. The molecule has 0 unspecified atom stereocenters. The molecule has 2 aliphatic heterocycles. The van der Waals surface area contributed by atoms with Gasteiger partial charge in [0.25, 0.3) is 0 Å². The van der Waals surface area contributed by atoms with Gasteiger partial charge < -0.3 is 9.42 Å². The Hall–Kier alpha value is -3.35. The van der Waals surface area contributed by atoms with Gasteiger partial charge in [-0.2, -0.15) is 9.56 Å². The minimum absolute atomic E-state index is 0.0268. The summed E-state index contributed by atoms with van der Waals surface area (Å²) in [4.78, 5) is 22.0. The summed E-state index contributed by atoms with van der Waals surface area (Å²) in [6.45, 7) is 0. The molecule has 0 radical (unpaired) electrons. The van der Waals surface area contributed by atoms with E-state index in [1.54, 1.807) is 14.1 Å². The maximum absolute atomic E-state index is 11.9. The van der Waals surface area contributed by atoms with Crippen LogP contribution in [0.2, 0.25) is 0 Å². The van der Waals surface area contributed by atoms with Gasteiger partial charge in [-0.05, 0) is 17.1 Å². The maximum atomic E-state index is 11.9. The second kappa shape index (κ2) is 5.38. The molecule has 2 aromatic rings. The van der Waals surface area contributed by atoms with Crippen LogP contribution in [-0.2, 0) is 0 Å². The van der Waals surface area contributed by atoms with Crippen LogP contribution < -0.4 is 0 Å². The molecular weight excluding hydrogens is 306 g/mol. The molecule has 0 atom stereocenters. The van der Waals surface area contributed by atoms with Gasteiger partial charge in [-0.15, -0.1) is 0 Å². The molecule has 24 heavy (non-hydrogen) atoms. The van der Waals surface area contributed by atoms with Gasteiger partial charge in [0.05, 0.1) is 6.20 Å². The van der Waals surface area contributed by atoms with Crippen molar-refractivity contribution in [1.29, 1.82) is 0 Å². The fourth-order valence-corrected chi connectivity index (χ4v) is 2.45. The number of rotatable bonds is 3. The van der Waals surface area contributed by atoms with E-state index in [1.807, 2.05) is 53.4 Å². The van der Waals surface area contributed by atoms with Gasteiger partial charge in [0.1, 0.15) is 6.21 Å². The van der Waals surface area contributed by atoms with Crippen LogP contribution in [0.5, 0.6) is 0 Å². The Morgan fingerprint density at radius 2 is 2.08 bits per heavy atom. The van der Waals surface area contributed by atoms with E-state index in [0.717, 1.165) is 22.7 Å². The maximum Gasteiger partial charge on any atom is 0.328 e. The quantitative estimate of drug-likeness (QED) is 0.807.